The van der Waals surface area contributed by atoms with E-state index >= 15 is 0 Å². The summed E-state index contributed by atoms with van der Waals surface area (Å²) in [7, 11) is 0. The first-order valence-electron chi connectivity index (χ1n) is 6.57. The van der Waals surface area contributed by atoms with Gasteiger partial charge in [-0.3, -0.25) is 9.59 Å². The molecular weight excluding hydrogens is 320 g/mol. The number of rotatable bonds is 1. The van der Waals surface area contributed by atoms with Crippen molar-refractivity contribution in [2.45, 2.75) is 33.7 Å². The zero-order valence-corrected chi connectivity index (χ0v) is 13.7. The lowest BCUT2D eigenvalue weighted by atomic mass is 9.84. The quantitative estimate of drug-likeness (QED) is 0.855. The van der Waals surface area contributed by atoms with Crippen molar-refractivity contribution in [1.82, 2.24) is 5.32 Å². The first-order chi connectivity index (χ1) is 9.21. The molecule has 1 unspecified atom stereocenters. The van der Waals surface area contributed by atoms with Crippen LogP contribution in [0.3, 0.4) is 0 Å². The molecule has 1 aliphatic heterocycles. The van der Waals surface area contributed by atoms with Gasteiger partial charge < -0.3 is 10.2 Å². The van der Waals surface area contributed by atoms with Gasteiger partial charge >= 0.3 is 0 Å². The largest absolute Gasteiger partial charge is 0.342 e. The van der Waals surface area contributed by atoms with Crippen molar-refractivity contribution in [2.75, 3.05) is 11.4 Å². The van der Waals surface area contributed by atoms with Gasteiger partial charge in [0.25, 0.3) is 5.91 Å². The number of nitrogens with zero attached hydrogens (tertiary/aromatic N) is 1. The van der Waals surface area contributed by atoms with E-state index in [0.717, 1.165) is 15.7 Å². The first-order valence-corrected chi connectivity index (χ1v) is 7.37. The Morgan fingerprint density at radius 1 is 1.30 bits per heavy atom. The van der Waals surface area contributed by atoms with Gasteiger partial charge in [-0.2, -0.15) is 0 Å². The van der Waals surface area contributed by atoms with Crippen molar-refractivity contribution >= 4 is 33.4 Å². The molecule has 0 spiro atoms. The summed E-state index contributed by atoms with van der Waals surface area (Å²) in [6.45, 7) is 7.86. The first kappa shape index (κ1) is 15.0. The van der Waals surface area contributed by atoms with Gasteiger partial charge in [0, 0.05) is 10.2 Å². The van der Waals surface area contributed by atoms with Crippen LogP contribution in [-0.4, -0.2) is 24.4 Å². The molecule has 2 amide bonds. The van der Waals surface area contributed by atoms with Crippen LogP contribution in [0, 0.1) is 12.3 Å². The van der Waals surface area contributed by atoms with Crippen molar-refractivity contribution in [3.05, 3.63) is 28.2 Å². The van der Waals surface area contributed by atoms with E-state index in [2.05, 4.69) is 21.2 Å². The Morgan fingerprint density at radius 2 is 1.95 bits per heavy atom. The fourth-order valence-corrected chi connectivity index (χ4v) is 2.68. The molecule has 0 aliphatic carbocycles. The van der Waals surface area contributed by atoms with Gasteiger partial charge in [0.05, 0.1) is 0 Å². The van der Waals surface area contributed by atoms with Crippen LogP contribution in [0.15, 0.2) is 22.7 Å². The van der Waals surface area contributed by atoms with Crippen molar-refractivity contribution in [3.8, 4) is 0 Å². The number of hydrogen-bond acceptors (Lipinski definition) is 2. The highest BCUT2D eigenvalue weighted by Gasteiger charge is 2.40. The lowest BCUT2D eigenvalue weighted by Crippen LogP contribution is -2.62. The van der Waals surface area contributed by atoms with E-state index in [0.29, 0.717) is 0 Å². The minimum absolute atomic E-state index is 0.0571. The highest BCUT2D eigenvalue weighted by Crippen LogP contribution is 2.31. The van der Waals surface area contributed by atoms with E-state index in [1.165, 1.54) is 0 Å². The predicted octanol–water partition coefficient (Wildman–Crippen LogP) is 2.64. The van der Waals surface area contributed by atoms with Gasteiger partial charge in [-0.05, 0) is 30.0 Å². The van der Waals surface area contributed by atoms with Crippen LogP contribution >= 0.6 is 15.9 Å². The van der Waals surface area contributed by atoms with Gasteiger partial charge in [0.15, 0.2) is 0 Å². The minimum atomic E-state index is -0.498. The number of benzene rings is 1. The average Bonchev–Trinajstić information content (AvgIpc) is 2.34. The fraction of sp³-hybridized carbons (Fsp3) is 0.467. The van der Waals surface area contributed by atoms with Crippen LogP contribution in [-0.2, 0) is 9.59 Å². The number of amides is 2. The third kappa shape index (κ3) is 2.73. The van der Waals surface area contributed by atoms with Gasteiger partial charge in [0.2, 0.25) is 5.91 Å². The molecule has 5 heteroatoms. The van der Waals surface area contributed by atoms with E-state index in [1.54, 1.807) is 4.90 Å². The molecule has 1 atom stereocenters. The third-order valence-corrected chi connectivity index (χ3v) is 4.38. The second-order valence-corrected chi connectivity index (χ2v) is 7.03. The van der Waals surface area contributed by atoms with Crippen LogP contribution in [0.2, 0.25) is 0 Å². The molecule has 0 aromatic heterocycles. The van der Waals surface area contributed by atoms with Crippen molar-refractivity contribution in [1.29, 1.82) is 0 Å². The SMILES string of the molecule is Cc1c(Br)cccc1N1CC(=O)NC(C(C)(C)C)C1=O. The van der Waals surface area contributed by atoms with Crippen LogP contribution in [0.25, 0.3) is 0 Å². The summed E-state index contributed by atoms with van der Waals surface area (Å²) in [5.74, 6) is -0.179. The topological polar surface area (TPSA) is 49.4 Å². The second-order valence-electron chi connectivity index (χ2n) is 6.17. The summed E-state index contributed by atoms with van der Waals surface area (Å²) >= 11 is 3.46. The van der Waals surface area contributed by atoms with Gasteiger partial charge in [-0.15, -0.1) is 0 Å². The number of piperazine rings is 1. The van der Waals surface area contributed by atoms with Crippen LogP contribution in [0.5, 0.6) is 0 Å². The zero-order valence-electron chi connectivity index (χ0n) is 12.2. The number of nitrogens with one attached hydrogen (secondary N) is 1. The highest BCUT2D eigenvalue weighted by atomic mass is 79.9. The molecular formula is C15H19BrN2O2. The number of hydrogen-bond donors (Lipinski definition) is 1. The van der Waals surface area contributed by atoms with Crippen LogP contribution in [0.1, 0.15) is 26.3 Å². The maximum atomic E-state index is 12.7. The maximum Gasteiger partial charge on any atom is 0.250 e. The summed E-state index contributed by atoms with van der Waals surface area (Å²) < 4.78 is 0.932. The monoisotopic (exact) mass is 338 g/mol. The van der Waals surface area contributed by atoms with E-state index < -0.39 is 6.04 Å². The van der Waals surface area contributed by atoms with Gasteiger partial charge in [-0.1, -0.05) is 42.8 Å². The molecule has 108 valence electrons. The molecule has 1 aromatic carbocycles. The molecule has 1 aliphatic rings. The fourth-order valence-electron chi connectivity index (χ4n) is 2.33. The molecule has 20 heavy (non-hydrogen) atoms. The Morgan fingerprint density at radius 3 is 2.55 bits per heavy atom. The molecule has 2 rings (SSSR count). The summed E-state index contributed by atoms with van der Waals surface area (Å²) in [5, 5.41) is 2.80. The Balaban J connectivity index is 2.43. The van der Waals surface area contributed by atoms with Crippen molar-refractivity contribution < 1.29 is 9.59 Å². The Bertz CT molecular complexity index is 563. The second kappa shape index (κ2) is 5.20. The third-order valence-electron chi connectivity index (χ3n) is 3.52. The number of carbonyl (C=O) groups is 2. The van der Waals surface area contributed by atoms with E-state index in [1.807, 2.05) is 45.9 Å². The smallest absolute Gasteiger partial charge is 0.250 e. The molecule has 4 nitrogen and oxygen atoms in total. The lowest BCUT2D eigenvalue weighted by Gasteiger charge is -2.39. The Kier molecular flexibility index (Phi) is 3.91. The standard InChI is InChI=1S/C15H19BrN2O2/c1-9-10(16)6-5-7-11(9)18-8-12(19)17-13(14(18)20)15(2,3)4/h5-7,13H,8H2,1-4H3,(H,17,19). The van der Waals surface area contributed by atoms with Gasteiger partial charge in [-0.25, -0.2) is 0 Å². The molecule has 0 radical (unpaired) electrons. The number of halogens is 1. The summed E-state index contributed by atoms with van der Waals surface area (Å²) in [4.78, 5) is 26.2. The van der Waals surface area contributed by atoms with Crippen LogP contribution in [0.4, 0.5) is 5.69 Å². The maximum absolute atomic E-state index is 12.7. The Labute approximate surface area is 127 Å². The molecule has 1 heterocycles. The minimum Gasteiger partial charge on any atom is -0.342 e. The Hall–Kier alpha value is -1.36. The average molecular weight is 339 g/mol. The van der Waals surface area contributed by atoms with Crippen LogP contribution < -0.4 is 10.2 Å². The summed E-state index contributed by atoms with van der Waals surface area (Å²) in [6.07, 6.45) is 0. The van der Waals surface area contributed by atoms with Crippen molar-refractivity contribution in [3.63, 3.8) is 0 Å². The summed E-state index contributed by atoms with van der Waals surface area (Å²) in [6, 6.07) is 5.17. The summed E-state index contributed by atoms with van der Waals surface area (Å²) in [5.41, 5.74) is 1.43. The number of carbonyl (C=O) groups excluding carboxylic acids is 2. The van der Waals surface area contributed by atoms with E-state index in [4.69, 9.17) is 0 Å². The highest BCUT2D eigenvalue weighted by molar-refractivity contribution is 9.10. The molecule has 1 fully saturated rings. The molecule has 1 saturated heterocycles. The van der Waals surface area contributed by atoms with Crippen molar-refractivity contribution in [2.24, 2.45) is 5.41 Å². The molecule has 1 N–H and O–H groups in total. The molecule has 0 saturated carbocycles. The lowest BCUT2D eigenvalue weighted by molar-refractivity contribution is -0.133. The predicted molar refractivity (Wildman–Crippen MR) is 82.6 cm³/mol. The normalized spacial score (nSPS) is 20.1. The molecule has 0 bridgehead atoms. The van der Waals surface area contributed by atoms with E-state index in [9.17, 15) is 9.59 Å². The molecule has 1 aromatic rings. The zero-order chi connectivity index (χ0) is 15.1. The van der Waals surface area contributed by atoms with E-state index in [-0.39, 0.29) is 23.8 Å². The number of anilines is 1. The van der Waals surface area contributed by atoms with Gasteiger partial charge in [0.1, 0.15) is 12.6 Å².